The van der Waals surface area contributed by atoms with Gasteiger partial charge in [-0.2, -0.15) is 10.1 Å². The molecular formula is C20H27ClN6O2. The molecule has 1 saturated heterocycles. The number of piperazine rings is 1. The highest BCUT2D eigenvalue weighted by Crippen LogP contribution is 2.30. The number of para-hydroxylation sites is 1. The summed E-state index contributed by atoms with van der Waals surface area (Å²) >= 11 is 0. The molecule has 1 aliphatic rings. The molecule has 8 nitrogen and oxygen atoms in total. The Kier molecular flexibility index (Phi) is 6.89. The van der Waals surface area contributed by atoms with Crippen LogP contribution in [0.15, 0.2) is 41.1 Å². The lowest BCUT2D eigenvalue weighted by Crippen LogP contribution is -2.44. The molecule has 0 bridgehead atoms. The number of aromatic nitrogens is 4. The van der Waals surface area contributed by atoms with Crippen LogP contribution in [0, 0.1) is 5.92 Å². The van der Waals surface area contributed by atoms with Gasteiger partial charge in [0.05, 0.1) is 24.5 Å². The number of ether oxygens (including phenoxy) is 1. The van der Waals surface area contributed by atoms with E-state index in [2.05, 4.69) is 46.4 Å². The van der Waals surface area contributed by atoms with Crippen molar-refractivity contribution in [3.8, 4) is 23.0 Å². The number of halogens is 1. The highest BCUT2D eigenvalue weighted by molar-refractivity contribution is 5.85. The van der Waals surface area contributed by atoms with E-state index >= 15 is 0 Å². The summed E-state index contributed by atoms with van der Waals surface area (Å²) < 4.78 is 13.4. The molecule has 2 aromatic heterocycles. The number of benzene rings is 1. The van der Waals surface area contributed by atoms with Gasteiger partial charge in [-0.15, -0.1) is 12.4 Å². The molecule has 0 radical (unpaired) electrons. The van der Waals surface area contributed by atoms with Crippen LogP contribution < -0.4 is 10.1 Å². The van der Waals surface area contributed by atoms with Crippen LogP contribution in [0.2, 0.25) is 0 Å². The fourth-order valence-corrected chi connectivity index (χ4v) is 3.14. The summed E-state index contributed by atoms with van der Waals surface area (Å²) in [6, 6.07) is 9.99. The van der Waals surface area contributed by atoms with E-state index in [1.807, 2.05) is 36.5 Å². The zero-order chi connectivity index (χ0) is 19.5. The molecule has 0 spiro atoms. The van der Waals surface area contributed by atoms with Gasteiger partial charge in [0.15, 0.2) is 17.3 Å². The topological polar surface area (TPSA) is 81.2 Å². The van der Waals surface area contributed by atoms with Gasteiger partial charge in [-0.05, 0) is 25.1 Å². The first-order chi connectivity index (χ1) is 13.6. The Morgan fingerprint density at radius 1 is 1.28 bits per heavy atom. The Hall–Kier alpha value is -2.42. The Labute approximate surface area is 176 Å². The number of hydrogen-bond acceptors (Lipinski definition) is 7. The van der Waals surface area contributed by atoms with Gasteiger partial charge in [-0.25, -0.2) is 4.68 Å². The second-order valence-corrected chi connectivity index (χ2v) is 7.49. The second kappa shape index (κ2) is 9.39. The van der Waals surface area contributed by atoms with Crippen molar-refractivity contribution in [2.45, 2.75) is 19.9 Å². The van der Waals surface area contributed by atoms with Crippen molar-refractivity contribution in [3.05, 3.63) is 42.4 Å². The number of nitrogens with zero attached hydrogens (tertiary/aromatic N) is 5. The van der Waals surface area contributed by atoms with Crippen molar-refractivity contribution in [2.75, 3.05) is 33.3 Å². The van der Waals surface area contributed by atoms with Crippen LogP contribution >= 0.6 is 12.4 Å². The van der Waals surface area contributed by atoms with E-state index in [0.29, 0.717) is 35.7 Å². The van der Waals surface area contributed by atoms with Crippen molar-refractivity contribution in [1.29, 1.82) is 0 Å². The molecule has 156 valence electrons. The van der Waals surface area contributed by atoms with Gasteiger partial charge in [0.25, 0.3) is 5.89 Å². The van der Waals surface area contributed by atoms with Crippen LogP contribution in [-0.4, -0.2) is 58.1 Å². The second-order valence-electron chi connectivity index (χ2n) is 7.49. The summed E-state index contributed by atoms with van der Waals surface area (Å²) in [6.07, 6.45) is 1.87. The predicted molar refractivity (Wildman–Crippen MR) is 113 cm³/mol. The number of rotatable bonds is 6. The first-order valence-electron chi connectivity index (χ1n) is 9.64. The summed E-state index contributed by atoms with van der Waals surface area (Å²) in [7, 11) is 2.07. The summed E-state index contributed by atoms with van der Waals surface area (Å²) in [6.45, 7) is 7.51. The van der Waals surface area contributed by atoms with Crippen LogP contribution in [0.5, 0.6) is 5.75 Å². The molecule has 1 fully saturated rings. The third-order valence-corrected chi connectivity index (χ3v) is 4.73. The van der Waals surface area contributed by atoms with Crippen molar-refractivity contribution in [3.63, 3.8) is 0 Å². The van der Waals surface area contributed by atoms with Gasteiger partial charge in [-0.1, -0.05) is 37.2 Å². The third kappa shape index (κ3) is 4.77. The lowest BCUT2D eigenvalue weighted by atomic mass is 10.2. The Morgan fingerprint density at radius 2 is 2.07 bits per heavy atom. The fourth-order valence-electron chi connectivity index (χ4n) is 3.14. The normalized spacial score (nSPS) is 17.3. The Bertz CT molecular complexity index is 911. The highest BCUT2D eigenvalue weighted by Gasteiger charge is 2.27. The van der Waals surface area contributed by atoms with Gasteiger partial charge in [0, 0.05) is 19.6 Å². The van der Waals surface area contributed by atoms with Crippen molar-refractivity contribution >= 4 is 12.4 Å². The summed E-state index contributed by atoms with van der Waals surface area (Å²) in [5.74, 6) is 2.08. The van der Waals surface area contributed by atoms with Gasteiger partial charge in [0.2, 0.25) is 0 Å². The molecular weight excluding hydrogens is 392 g/mol. The maximum absolute atomic E-state index is 6.00. The summed E-state index contributed by atoms with van der Waals surface area (Å²) in [4.78, 5) is 6.86. The highest BCUT2D eigenvalue weighted by atomic mass is 35.5. The molecule has 0 saturated carbocycles. The van der Waals surface area contributed by atoms with E-state index in [4.69, 9.17) is 9.26 Å². The van der Waals surface area contributed by atoms with Crippen LogP contribution in [0.25, 0.3) is 17.3 Å². The lowest BCUT2D eigenvalue weighted by Gasteiger charge is -2.30. The smallest absolute Gasteiger partial charge is 0.282 e. The van der Waals surface area contributed by atoms with Crippen molar-refractivity contribution in [1.82, 2.24) is 30.1 Å². The minimum atomic E-state index is 0. The van der Waals surface area contributed by atoms with Crippen LogP contribution in [0.4, 0.5) is 0 Å². The van der Waals surface area contributed by atoms with Crippen molar-refractivity contribution in [2.24, 2.45) is 5.92 Å². The monoisotopic (exact) mass is 418 g/mol. The van der Waals surface area contributed by atoms with E-state index in [1.165, 1.54) is 0 Å². The van der Waals surface area contributed by atoms with E-state index in [0.717, 1.165) is 25.3 Å². The predicted octanol–water partition coefficient (Wildman–Crippen LogP) is 2.96. The molecule has 1 N–H and O–H groups in total. The largest absolute Gasteiger partial charge is 0.489 e. The molecule has 3 aromatic rings. The minimum Gasteiger partial charge on any atom is -0.489 e. The van der Waals surface area contributed by atoms with E-state index in [-0.39, 0.29) is 18.4 Å². The zero-order valence-electron chi connectivity index (χ0n) is 16.9. The first kappa shape index (κ1) is 21.3. The number of nitrogens with one attached hydrogen (secondary N) is 1. The fraction of sp³-hybridized carbons (Fsp3) is 0.450. The van der Waals surface area contributed by atoms with E-state index in [9.17, 15) is 0 Å². The average Bonchev–Trinajstić information content (AvgIpc) is 3.34. The molecule has 0 aliphatic carbocycles. The molecule has 0 amide bonds. The van der Waals surface area contributed by atoms with Crippen LogP contribution in [0.3, 0.4) is 0 Å². The molecule has 1 atom stereocenters. The Balaban J connectivity index is 0.00000240. The summed E-state index contributed by atoms with van der Waals surface area (Å²) in [5, 5.41) is 12.3. The lowest BCUT2D eigenvalue weighted by molar-refractivity contribution is 0.190. The molecule has 3 heterocycles. The minimum absolute atomic E-state index is 0. The Morgan fingerprint density at radius 3 is 2.79 bits per heavy atom. The first-order valence-corrected chi connectivity index (χ1v) is 9.64. The molecule has 1 unspecified atom stereocenters. The maximum atomic E-state index is 6.00. The van der Waals surface area contributed by atoms with Gasteiger partial charge in [-0.3, -0.25) is 4.90 Å². The van der Waals surface area contributed by atoms with E-state index < -0.39 is 0 Å². The number of hydrogen-bond donors (Lipinski definition) is 1. The van der Waals surface area contributed by atoms with Crippen molar-refractivity contribution < 1.29 is 9.26 Å². The van der Waals surface area contributed by atoms with Gasteiger partial charge < -0.3 is 14.6 Å². The van der Waals surface area contributed by atoms with Gasteiger partial charge in [0.1, 0.15) is 0 Å². The third-order valence-electron chi connectivity index (χ3n) is 4.73. The van der Waals surface area contributed by atoms with Crippen LogP contribution in [-0.2, 0) is 0 Å². The maximum Gasteiger partial charge on any atom is 0.282 e. The summed E-state index contributed by atoms with van der Waals surface area (Å²) in [5.41, 5.74) is 1.51. The number of likely N-dealkylation sites (N-methyl/N-ethyl adjacent to an activating group) is 1. The molecule has 9 heteroatoms. The molecule has 1 aromatic carbocycles. The standard InChI is InChI=1S/C20H26N6O2.ClH/c1-14(2)13-27-17-12-26(15-7-5-4-6-8-15)23-18(17)20-22-19(24-28-20)16-11-21-9-10-25(16)3;/h4-8,12,14,16,21H,9-11,13H2,1-3H3;1H. The zero-order valence-corrected chi connectivity index (χ0v) is 17.7. The quantitative estimate of drug-likeness (QED) is 0.659. The van der Waals surface area contributed by atoms with Gasteiger partial charge >= 0.3 is 0 Å². The van der Waals surface area contributed by atoms with E-state index in [1.54, 1.807) is 4.68 Å². The molecule has 4 rings (SSSR count). The SMILES string of the molecule is CC(C)COc1cn(-c2ccccc2)nc1-c1nc(C2CNCCN2C)no1.Cl. The molecule has 1 aliphatic heterocycles. The molecule has 29 heavy (non-hydrogen) atoms. The van der Waals surface area contributed by atoms with Crippen LogP contribution in [0.1, 0.15) is 25.7 Å². The average molecular weight is 419 g/mol.